The summed E-state index contributed by atoms with van der Waals surface area (Å²) in [4.78, 5) is 38.7. The van der Waals surface area contributed by atoms with Gasteiger partial charge in [0.25, 0.3) is 5.91 Å². The predicted octanol–water partition coefficient (Wildman–Crippen LogP) is 2.02. The molecule has 0 aromatic carbocycles. The van der Waals surface area contributed by atoms with Crippen LogP contribution in [0.5, 0.6) is 0 Å². The Labute approximate surface area is 170 Å². The number of aliphatic carboxylic acids is 1. The van der Waals surface area contributed by atoms with Gasteiger partial charge in [-0.2, -0.15) is 13.2 Å². The maximum atomic E-state index is 12.6. The number of rotatable bonds is 2. The van der Waals surface area contributed by atoms with E-state index < -0.39 is 12.1 Å². The number of carboxylic acid groups (broad SMARTS) is 1. The number of pyridine rings is 1. The van der Waals surface area contributed by atoms with Crippen molar-refractivity contribution in [2.24, 2.45) is 11.8 Å². The molecule has 1 N–H and O–H groups in total. The Morgan fingerprint density at radius 1 is 1.03 bits per heavy atom. The largest absolute Gasteiger partial charge is 0.490 e. The summed E-state index contributed by atoms with van der Waals surface area (Å²) in [5, 5.41) is 7.12. The second-order valence-corrected chi connectivity index (χ2v) is 7.15. The lowest BCUT2D eigenvalue weighted by Gasteiger charge is -2.21. The van der Waals surface area contributed by atoms with Crippen molar-refractivity contribution in [1.82, 2.24) is 19.9 Å². The topological polar surface area (TPSA) is 99.5 Å². The second kappa shape index (κ2) is 8.64. The summed E-state index contributed by atoms with van der Waals surface area (Å²) < 4.78 is 31.7. The van der Waals surface area contributed by atoms with Crippen molar-refractivity contribution in [3.05, 3.63) is 48.0 Å². The summed E-state index contributed by atoms with van der Waals surface area (Å²) in [5.74, 6) is -0.932. The van der Waals surface area contributed by atoms with Crippen LogP contribution in [-0.2, 0) is 4.79 Å². The molecule has 2 aromatic heterocycles. The highest BCUT2D eigenvalue weighted by molar-refractivity contribution is 5.92. The van der Waals surface area contributed by atoms with E-state index in [1.54, 1.807) is 18.5 Å². The van der Waals surface area contributed by atoms with Gasteiger partial charge in [-0.25, -0.2) is 19.7 Å². The Balaban J connectivity index is 0.000000318. The molecule has 0 radical (unpaired) electrons. The number of aromatic nitrogens is 3. The minimum Gasteiger partial charge on any atom is -0.475 e. The number of hydrogen-bond acceptors (Lipinski definition) is 6. The lowest BCUT2D eigenvalue weighted by molar-refractivity contribution is -0.192. The summed E-state index contributed by atoms with van der Waals surface area (Å²) in [6, 6.07) is 7.43. The zero-order valence-electron chi connectivity index (χ0n) is 16.1. The van der Waals surface area contributed by atoms with Crippen LogP contribution >= 0.6 is 0 Å². The molecule has 0 spiro atoms. The Bertz CT molecular complexity index is 896. The zero-order chi connectivity index (χ0) is 21.9. The molecule has 2 unspecified atom stereocenters. The first kappa shape index (κ1) is 21.5. The first-order valence-electron chi connectivity index (χ1n) is 9.20. The molecular formula is C19H20F3N5O3. The average molecular weight is 423 g/mol. The van der Waals surface area contributed by atoms with Crippen molar-refractivity contribution < 1.29 is 27.9 Å². The molecule has 2 fully saturated rings. The minimum absolute atomic E-state index is 0.0469. The van der Waals surface area contributed by atoms with E-state index in [1.807, 2.05) is 30.0 Å². The number of halogens is 3. The van der Waals surface area contributed by atoms with Crippen molar-refractivity contribution in [2.45, 2.75) is 13.1 Å². The Kier molecular flexibility index (Phi) is 6.18. The third-order valence-electron chi connectivity index (χ3n) is 4.96. The van der Waals surface area contributed by atoms with E-state index in [0.29, 0.717) is 17.5 Å². The summed E-state index contributed by atoms with van der Waals surface area (Å²) >= 11 is 0. The van der Waals surface area contributed by atoms with E-state index in [0.717, 1.165) is 37.8 Å². The Hall–Kier alpha value is -3.24. The number of carbonyl (C=O) groups excluding carboxylic acids is 1. The van der Waals surface area contributed by atoms with Gasteiger partial charge in [-0.3, -0.25) is 4.79 Å². The summed E-state index contributed by atoms with van der Waals surface area (Å²) in [7, 11) is 0. The van der Waals surface area contributed by atoms with Crippen LogP contribution in [0.3, 0.4) is 0 Å². The van der Waals surface area contributed by atoms with Gasteiger partial charge in [0.2, 0.25) is 5.95 Å². The number of carboxylic acids is 1. The van der Waals surface area contributed by atoms with E-state index in [1.165, 1.54) is 0 Å². The van der Waals surface area contributed by atoms with E-state index in [4.69, 9.17) is 9.90 Å². The van der Waals surface area contributed by atoms with Gasteiger partial charge in [-0.1, -0.05) is 6.07 Å². The number of hydrogen-bond donors (Lipinski definition) is 1. The summed E-state index contributed by atoms with van der Waals surface area (Å²) in [6.07, 6.45) is -1.54. The van der Waals surface area contributed by atoms with Crippen LogP contribution in [0.15, 0.2) is 36.7 Å². The van der Waals surface area contributed by atoms with Crippen LogP contribution in [-0.4, -0.2) is 69.2 Å². The van der Waals surface area contributed by atoms with Crippen molar-refractivity contribution in [2.75, 3.05) is 31.1 Å². The van der Waals surface area contributed by atoms with Crippen molar-refractivity contribution in [3.8, 4) is 0 Å². The van der Waals surface area contributed by atoms with Gasteiger partial charge in [0.1, 0.15) is 5.69 Å². The minimum atomic E-state index is -5.08. The van der Waals surface area contributed by atoms with Gasteiger partial charge in [0, 0.05) is 56.1 Å². The average Bonchev–Trinajstić information content (AvgIpc) is 3.27. The van der Waals surface area contributed by atoms with Gasteiger partial charge in [-0.15, -0.1) is 0 Å². The monoisotopic (exact) mass is 423 g/mol. The molecule has 0 bridgehead atoms. The fraction of sp³-hybridized carbons (Fsp3) is 0.421. The number of carbonyl (C=O) groups is 2. The summed E-state index contributed by atoms with van der Waals surface area (Å²) in [5.41, 5.74) is 1.43. The molecule has 2 aromatic rings. The van der Waals surface area contributed by atoms with Crippen molar-refractivity contribution in [3.63, 3.8) is 0 Å². The number of fused-ring (bicyclic) bond motifs is 1. The van der Waals surface area contributed by atoms with E-state index in [2.05, 4.69) is 19.9 Å². The lowest BCUT2D eigenvalue weighted by atomic mass is 10.0. The fourth-order valence-corrected chi connectivity index (χ4v) is 3.60. The zero-order valence-corrected chi connectivity index (χ0v) is 16.1. The molecule has 2 atom stereocenters. The van der Waals surface area contributed by atoms with E-state index in [-0.39, 0.29) is 5.91 Å². The highest BCUT2D eigenvalue weighted by atomic mass is 19.4. The molecule has 0 aliphatic carbocycles. The molecule has 0 saturated carbocycles. The maximum absolute atomic E-state index is 12.6. The van der Waals surface area contributed by atoms with Gasteiger partial charge < -0.3 is 14.9 Å². The molecule has 1 amide bonds. The predicted molar refractivity (Wildman–Crippen MR) is 99.8 cm³/mol. The molecule has 30 heavy (non-hydrogen) atoms. The van der Waals surface area contributed by atoms with Crippen molar-refractivity contribution >= 4 is 17.8 Å². The number of aryl methyl sites for hydroxylation is 1. The van der Waals surface area contributed by atoms with Gasteiger partial charge in [-0.05, 0) is 25.1 Å². The van der Waals surface area contributed by atoms with Crippen molar-refractivity contribution in [1.29, 1.82) is 0 Å². The molecule has 2 aliphatic heterocycles. The lowest BCUT2D eigenvalue weighted by Crippen LogP contribution is -2.34. The van der Waals surface area contributed by atoms with Crippen LogP contribution in [0.25, 0.3) is 0 Å². The molecular weight excluding hydrogens is 403 g/mol. The molecule has 160 valence electrons. The molecule has 11 heteroatoms. The van der Waals surface area contributed by atoms with Gasteiger partial charge >= 0.3 is 12.1 Å². The number of anilines is 1. The fourth-order valence-electron chi connectivity index (χ4n) is 3.60. The Morgan fingerprint density at radius 3 is 2.10 bits per heavy atom. The number of amides is 1. The van der Waals surface area contributed by atoms with Gasteiger partial charge in [0.05, 0.1) is 0 Å². The third-order valence-corrected chi connectivity index (χ3v) is 4.96. The molecule has 4 rings (SSSR count). The van der Waals surface area contributed by atoms with Gasteiger partial charge in [0.15, 0.2) is 0 Å². The number of nitrogens with zero attached hydrogens (tertiary/aromatic N) is 5. The van der Waals surface area contributed by atoms with Crippen LogP contribution in [0.1, 0.15) is 16.2 Å². The molecule has 2 saturated heterocycles. The van der Waals surface area contributed by atoms with E-state index >= 15 is 0 Å². The standard InChI is InChI=1S/C17H19N5O.C2HF3O2/c1-12-4-2-5-15(20-12)16(23)21-8-13-10-22(11-14(13)9-21)17-18-6-3-7-19-17;3-2(4,5)1(6)7/h2-7,13-14H,8-11H2,1H3;(H,6,7). The highest BCUT2D eigenvalue weighted by Crippen LogP contribution is 2.33. The maximum Gasteiger partial charge on any atom is 0.490 e. The number of alkyl halides is 3. The summed E-state index contributed by atoms with van der Waals surface area (Å²) in [6.45, 7) is 5.33. The first-order valence-corrected chi connectivity index (χ1v) is 9.20. The number of likely N-dealkylation sites (tertiary alicyclic amines) is 1. The highest BCUT2D eigenvalue weighted by Gasteiger charge is 2.42. The quantitative estimate of drug-likeness (QED) is 0.789. The van der Waals surface area contributed by atoms with Crippen LogP contribution < -0.4 is 4.90 Å². The first-order chi connectivity index (χ1) is 14.1. The molecule has 2 aliphatic rings. The van der Waals surface area contributed by atoms with E-state index in [9.17, 15) is 18.0 Å². The molecule has 4 heterocycles. The Morgan fingerprint density at radius 2 is 1.60 bits per heavy atom. The van der Waals surface area contributed by atoms with Crippen LogP contribution in [0.4, 0.5) is 19.1 Å². The molecule has 8 nitrogen and oxygen atoms in total. The van der Waals surface area contributed by atoms with Crippen LogP contribution in [0.2, 0.25) is 0 Å². The smallest absolute Gasteiger partial charge is 0.475 e. The normalized spacial score (nSPS) is 20.4. The third kappa shape index (κ3) is 5.02. The second-order valence-electron chi connectivity index (χ2n) is 7.15. The van der Waals surface area contributed by atoms with Crippen LogP contribution in [0, 0.1) is 18.8 Å². The SMILES string of the molecule is Cc1cccc(C(=O)N2CC3CN(c4ncccn4)CC3C2)n1.O=C(O)C(F)(F)F.